The van der Waals surface area contributed by atoms with Gasteiger partial charge in [-0.3, -0.25) is 4.79 Å². The normalized spacial score (nSPS) is 26.8. The van der Waals surface area contributed by atoms with E-state index >= 15 is 0 Å². The summed E-state index contributed by atoms with van der Waals surface area (Å²) in [7, 11) is 0. The van der Waals surface area contributed by atoms with Gasteiger partial charge in [-0.25, -0.2) is 0 Å². The highest BCUT2D eigenvalue weighted by Gasteiger charge is 2.37. The molecule has 1 saturated heterocycles. The van der Waals surface area contributed by atoms with Crippen LogP contribution in [0.5, 0.6) is 5.75 Å². The molecule has 21 heavy (non-hydrogen) atoms. The average molecular weight is 287 g/mol. The summed E-state index contributed by atoms with van der Waals surface area (Å²) in [4.78, 5) is 14.9. The second-order valence-corrected chi connectivity index (χ2v) is 6.36. The summed E-state index contributed by atoms with van der Waals surface area (Å²) in [5.74, 6) is 1.66. The quantitative estimate of drug-likeness (QED) is 0.849. The van der Waals surface area contributed by atoms with Crippen molar-refractivity contribution < 1.29 is 9.53 Å². The van der Waals surface area contributed by atoms with Gasteiger partial charge in [0.15, 0.2) is 6.10 Å². The molecule has 1 saturated carbocycles. The third-order valence-electron chi connectivity index (χ3n) is 4.93. The largest absolute Gasteiger partial charge is 0.481 e. The predicted molar refractivity (Wildman–Crippen MR) is 83.2 cm³/mol. The monoisotopic (exact) mass is 287 g/mol. The summed E-state index contributed by atoms with van der Waals surface area (Å²) in [5, 5.41) is 0. The summed E-state index contributed by atoms with van der Waals surface area (Å²) in [6.07, 6.45) is 7.11. The molecule has 0 radical (unpaired) electrons. The van der Waals surface area contributed by atoms with Crippen LogP contribution in [0.25, 0.3) is 0 Å². The minimum absolute atomic E-state index is 0.162. The topological polar surface area (TPSA) is 29.5 Å². The number of hydrogen-bond donors (Lipinski definition) is 0. The number of likely N-dealkylation sites (tertiary alicyclic amines) is 1. The van der Waals surface area contributed by atoms with Crippen LogP contribution >= 0.6 is 0 Å². The average Bonchev–Trinajstić information content (AvgIpc) is 2.54. The van der Waals surface area contributed by atoms with Gasteiger partial charge in [0.25, 0.3) is 5.91 Å². The molecule has 1 amide bonds. The Balaban J connectivity index is 1.65. The zero-order valence-corrected chi connectivity index (χ0v) is 12.8. The Bertz CT molecular complexity index is 471. The minimum atomic E-state index is -0.395. The molecule has 1 heterocycles. The van der Waals surface area contributed by atoms with Crippen molar-refractivity contribution in [1.29, 1.82) is 0 Å². The molecule has 1 aliphatic heterocycles. The van der Waals surface area contributed by atoms with Crippen LogP contribution in [0.4, 0.5) is 0 Å². The molecular weight excluding hydrogens is 262 g/mol. The smallest absolute Gasteiger partial charge is 0.263 e. The van der Waals surface area contributed by atoms with Crippen LogP contribution in [0.3, 0.4) is 0 Å². The van der Waals surface area contributed by atoms with Crippen molar-refractivity contribution in [2.45, 2.75) is 57.6 Å². The first kappa shape index (κ1) is 14.4. The second kappa shape index (κ2) is 6.50. The lowest BCUT2D eigenvalue weighted by Crippen LogP contribution is -2.53. The fraction of sp³-hybridized carbons (Fsp3) is 0.611. The van der Waals surface area contributed by atoms with Crippen molar-refractivity contribution in [1.82, 2.24) is 4.90 Å². The molecule has 3 nitrogen and oxygen atoms in total. The highest BCUT2D eigenvalue weighted by molar-refractivity contribution is 5.81. The van der Waals surface area contributed by atoms with Crippen molar-refractivity contribution in [3.05, 3.63) is 30.3 Å². The summed E-state index contributed by atoms with van der Waals surface area (Å²) in [6.45, 7) is 2.78. The summed E-state index contributed by atoms with van der Waals surface area (Å²) in [6, 6.07) is 10.1. The van der Waals surface area contributed by atoms with E-state index in [4.69, 9.17) is 4.74 Å². The Morgan fingerprint density at radius 3 is 2.67 bits per heavy atom. The molecule has 2 aliphatic rings. The lowest BCUT2D eigenvalue weighted by atomic mass is 9.78. The molecule has 0 bridgehead atoms. The van der Waals surface area contributed by atoms with E-state index in [-0.39, 0.29) is 5.91 Å². The van der Waals surface area contributed by atoms with Crippen LogP contribution in [0.2, 0.25) is 0 Å². The van der Waals surface area contributed by atoms with Gasteiger partial charge in [-0.2, -0.15) is 0 Å². The molecule has 3 atom stereocenters. The predicted octanol–water partition coefficient (Wildman–Crippen LogP) is 3.64. The number of piperidine rings is 1. The Kier molecular flexibility index (Phi) is 4.47. The fourth-order valence-electron chi connectivity index (χ4n) is 3.89. The highest BCUT2D eigenvalue weighted by atomic mass is 16.5. The number of carbonyl (C=O) groups excluding carboxylic acids is 1. The number of rotatable bonds is 3. The third kappa shape index (κ3) is 3.22. The SMILES string of the molecule is CC(Oc1ccccc1)C(=O)N1CCCC2CCCCC21. The van der Waals surface area contributed by atoms with Crippen LogP contribution in [-0.4, -0.2) is 29.5 Å². The van der Waals surface area contributed by atoms with Gasteiger partial charge >= 0.3 is 0 Å². The Morgan fingerprint density at radius 1 is 1.14 bits per heavy atom. The third-order valence-corrected chi connectivity index (χ3v) is 4.93. The van der Waals surface area contributed by atoms with Crippen LogP contribution in [-0.2, 0) is 4.79 Å². The van der Waals surface area contributed by atoms with Crippen molar-refractivity contribution in [3.8, 4) is 5.75 Å². The number of carbonyl (C=O) groups is 1. The lowest BCUT2D eigenvalue weighted by Gasteiger charge is -2.44. The van der Waals surface area contributed by atoms with Gasteiger partial charge in [-0.1, -0.05) is 31.0 Å². The number of hydrogen-bond acceptors (Lipinski definition) is 2. The molecule has 0 spiro atoms. The maximum atomic E-state index is 12.8. The fourth-order valence-corrected chi connectivity index (χ4v) is 3.89. The molecule has 3 heteroatoms. The van der Waals surface area contributed by atoms with Crippen molar-refractivity contribution in [2.24, 2.45) is 5.92 Å². The summed E-state index contributed by atoms with van der Waals surface area (Å²) < 4.78 is 5.82. The Hall–Kier alpha value is -1.51. The van der Waals surface area contributed by atoms with Crippen LogP contribution in [0.15, 0.2) is 30.3 Å². The zero-order valence-electron chi connectivity index (χ0n) is 12.8. The molecule has 1 aromatic rings. The van der Waals surface area contributed by atoms with Crippen LogP contribution in [0.1, 0.15) is 45.4 Å². The maximum absolute atomic E-state index is 12.8. The van der Waals surface area contributed by atoms with Gasteiger partial charge in [0.2, 0.25) is 0 Å². The number of amides is 1. The van der Waals surface area contributed by atoms with Crippen molar-refractivity contribution >= 4 is 5.91 Å². The number of fused-ring (bicyclic) bond motifs is 1. The van der Waals surface area contributed by atoms with Gasteiger partial charge in [-0.15, -0.1) is 0 Å². The van der Waals surface area contributed by atoms with E-state index in [1.165, 1.54) is 32.1 Å². The van der Waals surface area contributed by atoms with E-state index in [0.29, 0.717) is 6.04 Å². The van der Waals surface area contributed by atoms with E-state index in [1.807, 2.05) is 37.3 Å². The van der Waals surface area contributed by atoms with E-state index in [9.17, 15) is 4.79 Å². The molecule has 0 N–H and O–H groups in total. The van der Waals surface area contributed by atoms with Gasteiger partial charge in [0.1, 0.15) is 5.75 Å². The van der Waals surface area contributed by atoms with Gasteiger partial charge in [0, 0.05) is 12.6 Å². The molecule has 0 aromatic heterocycles. The van der Waals surface area contributed by atoms with E-state index < -0.39 is 6.10 Å². The maximum Gasteiger partial charge on any atom is 0.263 e. The molecule has 1 aromatic carbocycles. The summed E-state index contributed by atoms with van der Waals surface area (Å²) >= 11 is 0. The van der Waals surface area contributed by atoms with E-state index in [2.05, 4.69) is 4.90 Å². The first-order chi connectivity index (χ1) is 10.3. The van der Waals surface area contributed by atoms with E-state index in [1.54, 1.807) is 0 Å². The Morgan fingerprint density at radius 2 is 1.86 bits per heavy atom. The van der Waals surface area contributed by atoms with E-state index in [0.717, 1.165) is 24.6 Å². The van der Waals surface area contributed by atoms with Crippen molar-refractivity contribution in [3.63, 3.8) is 0 Å². The van der Waals surface area contributed by atoms with Crippen LogP contribution < -0.4 is 4.74 Å². The van der Waals surface area contributed by atoms with Crippen LogP contribution in [0, 0.1) is 5.92 Å². The molecule has 114 valence electrons. The zero-order chi connectivity index (χ0) is 14.7. The first-order valence-electron chi connectivity index (χ1n) is 8.28. The first-order valence-corrected chi connectivity index (χ1v) is 8.28. The summed E-state index contributed by atoms with van der Waals surface area (Å²) in [5.41, 5.74) is 0. The molecular formula is C18H25NO2. The highest BCUT2D eigenvalue weighted by Crippen LogP contribution is 2.35. The van der Waals surface area contributed by atoms with Gasteiger partial charge < -0.3 is 9.64 Å². The number of ether oxygens (including phenoxy) is 1. The van der Waals surface area contributed by atoms with Gasteiger partial charge in [-0.05, 0) is 50.7 Å². The molecule has 2 fully saturated rings. The van der Waals surface area contributed by atoms with Crippen molar-refractivity contribution in [2.75, 3.05) is 6.54 Å². The molecule has 3 unspecified atom stereocenters. The Labute approximate surface area is 127 Å². The number of nitrogens with zero attached hydrogens (tertiary/aromatic N) is 1. The van der Waals surface area contributed by atoms with Gasteiger partial charge in [0.05, 0.1) is 0 Å². The number of para-hydroxylation sites is 1. The second-order valence-electron chi connectivity index (χ2n) is 6.36. The lowest BCUT2D eigenvalue weighted by molar-refractivity contribution is -0.144. The number of benzene rings is 1. The standard InChI is InChI=1S/C18H25NO2/c1-14(21-16-10-3-2-4-11-16)18(20)19-13-7-9-15-8-5-6-12-17(15)19/h2-4,10-11,14-15,17H,5-9,12-13H2,1H3. The minimum Gasteiger partial charge on any atom is -0.481 e. The molecule has 3 rings (SSSR count). The molecule has 1 aliphatic carbocycles.